The summed E-state index contributed by atoms with van der Waals surface area (Å²) in [6, 6.07) is 17.2. The maximum absolute atomic E-state index is 13.5. The fraction of sp³-hybridized carbons (Fsp3) is 0.404. The molecule has 3 fully saturated rings. The molecule has 2 saturated heterocycles. The Morgan fingerprint density at radius 2 is 1.74 bits per heavy atom. The van der Waals surface area contributed by atoms with Gasteiger partial charge in [-0.15, -0.1) is 6.58 Å². The standard InChI is InChI=1S/C47H52N10O5/c1-3-18-48-43(60)37-26-49-46(53-42(37)52-39-17-12-31-11-10-30(4-2)41(31)51-39)50-32-13-15-33(16-14-32)56-28-47(29-56)24-35(25-47)54-19-21-55(22-20-54)38-9-5-8-36-40(38)45(62)57(44(36)61)34(27-59)7-6-23-58/h3,5,8-9,12-17,23,26-27,30,34-35H,1,4,6-7,10-11,18-22,24-25,28-29H2,2H3,(H,48,60)(H2,49,50,51,52,53). The zero-order chi connectivity index (χ0) is 43.0. The number of hydrogen-bond donors (Lipinski definition) is 3. The minimum Gasteiger partial charge on any atom is -0.370 e. The molecule has 2 aromatic carbocycles. The van der Waals surface area contributed by atoms with Crippen molar-refractivity contribution in [2.75, 3.05) is 66.2 Å². The number of nitrogens with one attached hydrogen (secondary N) is 3. The van der Waals surface area contributed by atoms with Crippen molar-refractivity contribution in [3.8, 4) is 0 Å². The van der Waals surface area contributed by atoms with Crippen LogP contribution in [-0.2, 0) is 16.0 Å². The smallest absolute Gasteiger partial charge is 0.264 e. The van der Waals surface area contributed by atoms with Crippen LogP contribution >= 0.6 is 0 Å². The number of anilines is 6. The second kappa shape index (κ2) is 17.1. The van der Waals surface area contributed by atoms with Crippen LogP contribution in [0.2, 0.25) is 0 Å². The van der Waals surface area contributed by atoms with Crippen LogP contribution in [0.3, 0.4) is 0 Å². The van der Waals surface area contributed by atoms with Crippen LogP contribution in [0.15, 0.2) is 73.4 Å². The maximum atomic E-state index is 13.5. The van der Waals surface area contributed by atoms with Gasteiger partial charge >= 0.3 is 0 Å². The van der Waals surface area contributed by atoms with Crippen LogP contribution in [0.25, 0.3) is 0 Å². The van der Waals surface area contributed by atoms with Crippen LogP contribution < -0.4 is 25.8 Å². The van der Waals surface area contributed by atoms with E-state index < -0.39 is 17.9 Å². The summed E-state index contributed by atoms with van der Waals surface area (Å²) in [5, 5.41) is 9.44. The molecule has 2 aliphatic carbocycles. The van der Waals surface area contributed by atoms with Crippen molar-refractivity contribution in [1.82, 2.24) is 30.1 Å². The number of fused-ring (bicyclic) bond motifs is 2. The fourth-order valence-corrected chi connectivity index (χ4v) is 10.0. The number of carbonyl (C=O) groups is 5. The first-order valence-corrected chi connectivity index (χ1v) is 21.7. The molecular formula is C47H52N10O5. The summed E-state index contributed by atoms with van der Waals surface area (Å²) >= 11 is 0. The van der Waals surface area contributed by atoms with E-state index in [0.717, 1.165) is 99.0 Å². The minimum absolute atomic E-state index is 0.0971. The maximum Gasteiger partial charge on any atom is 0.264 e. The molecule has 9 rings (SSSR count). The highest BCUT2D eigenvalue weighted by Crippen LogP contribution is 2.51. The molecule has 0 radical (unpaired) electrons. The van der Waals surface area contributed by atoms with E-state index in [1.165, 1.54) is 11.8 Å². The summed E-state index contributed by atoms with van der Waals surface area (Å²) in [5.41, 5.74) is 6.41. The van der Waals surface area contributed by atoms with Crippen molar-refractivity contribution >= 4 is 64.9 Å². The second-order valence-electron chi connectivity index (χ2n) is 17.2. The van der Waals surface area contributed by atoms with Gasteiger partial charge in [-0.25, -0.2) is 9.97 Å². The van der Waals surface area contributed by atoms with E-state index in [1.54, 1.807) is 18.2 Å². The van der Waals surface area contributed by atoms with E-state index in [9.17, 15) is 24.0 Å². The van der Waals surface area contributed by atoms with Gasteiger partial charge in [0.25, 0.3) is 17.7 Å². The lowest BCUT2D eigenvalue weighted by Gasteiger charge is -2.62. The van der Waals surface area contributed by atoms with E-state index in [4.69, 9.17) is 9.97 Å². The number of nitrogens with zero attached hydrogens (tertiary/aromatic N) is 7. The van der Waals surface area contributed by atoms with E-state index in [0.29, 0.717) is 70.8 Å². The molecule has 1 saturated carbocycles. The number of carbonyl (C=O) groups excluding carboxylic acids is 5. The number of aromatic nitrogens is 3. The first kappa shape index (κ1) is 40.9. The van der Waals surface area contributed by atoms with E-state index >= 15 is 0 Å². The number of rotatable bonds is 16. The Labute approximate surface area is 361 Å². The van der Waals surface area contributed by atoms with Crippen molar-refractivity contribution in [2.45, 2.75) is 69.9 Å². The van der Waals surface area contributed by atoms with Gasteiger partial charge in [0.1, 0.15) is 29.8 Å². The molecule has 3 N–H and O–H groups in total. The molecule has 320 valence electrons. The zero-order valence-corrected chi connectivity index (χ0v) is 35.0. The average Bonchev–Trinajstić information content (AvgIpc) is 3.79. The number of aryl methyl sites for hydroxylation is 1. The minimum atomic E-state index is -0.957. The molecule has 62 heavy (non-hydrogen) atoms. The van der Waals surface area contributed by atoms with Crippen molar-refractivity contribution in [2.24, 2.45) is 5.41 Å². The topological polar surface area (TPSA) is 173 Å². The molecule has 5 heterocycles. The van der Waals surface area contributed by atoms with Crippen LogP contribution in [-0.4, -0.2) is 113 Å². The van der Waals surface area contributed by atoms with E-state index in [1.807, 2.05) is 24.3 Å². The van der Waals surface area contributed by atoms with Crippen molar-refractivity contribution in [3.63, 3.8) is 0 Å². The quantitative estimate of drug-likeness (QED) is 0.0719. The average molecular weight is 837 g/mol. The number of imide groups is 1. The Bertz CT molecular complexity index is 2400. The van der Waals surface area contributed by atoms with Crippen LogP contribution in [0, 0.1) is 5.41 Å². The number of amides is 3. The van der Waals surface area contributed by atoms with Crippen molar-refractivity contribution in [1.29, 1.82) is 0 Å². The van der Waals surface area contributed by atoms with Gasteiger partial charge < -0.3 is 35.3 Å². The Balaban J connectivity index is 0.781. The number of benzene rings is 2. The summed E-state index contributed by atoms with van der Waals surface area (Å²) in [4.78, 5) is 84.9. The third-order valence-electron chi connectivity index (χ3n) is 13.4. The Hall–Kier alpha value is -6.48. The van der Waals surface area contributed by atoms with E-state index in [2.05, 4.69) is 67.3 Å². The summed E-state index contributed by atoms with van der Waals surface area (Å²) < 4.78 is 0. The molecule has 15 heteroatoms. The molecule has 2 unspecified atom stereocenters. The molecule has 2 aromatic heterocycles. The second-order valence-corrected chi connectivity index (χ2v) is 17.2. The molecule has 1 spiro atoms. The molecule has 3 amide bonds. The molecule has 0 bridgehead atoms. The highest BCUT2D eigenvalue weighted by atomic mass is 16.2. The third-order valence-corrected chi connectivity index (χ3v) is 13.4. The van der Waals surface area contributed by atoms with Gasteiger partial charge in [-0.3, -0.25) is 24.2 Å². The molecule has 2 atom stereocenters. The normalized spacial score (nSPS) is 19.6. The largest absolute Gasteiger partial charge is 0.370 e. The predicted octanol–water partition coefficient (Wildman–Crippen LogP) is 5.65. The van der Waals surface area contributed by atoms with Gasteiger partial charge in [0, 0.05) is 92.9 Å². The fourth-order valence-electron chi connectivity index (χ4n) is 10.0. The highest BCUT2D eigenvalue weighted by Gasteiger charge is 2.54. The Morgan fingerprint density at radius 3 is 2.47 bits per heavy atom. The van der Waals surface area contributed by atoms with E-state index in [-0.39, 0.29) is 18.7 Å². The number of hydrogen-bond acceptors (Lipinski definition) is 13. The number of aldehydes is 2. The summed E-state index contributed by atoms with van der Waals surface area (Å²) in [6.07, 6.45) is 10.1. The molecule has 4 aromatic rings. The molecule has 15 nitrogen and oxygen atoms in total. The van der Waals surface area contributed by atoms with Gasteiger partial charge in [-0.1, -0.05) is 25.1 Å². The van der Waals surface area contributed by atoms with Crippen LogP contribution in [0.1, 0.15) is 93.7 Å². The molecule has 3 aliphatic heterocycles. The Morgan fingerprint density at radius 1 is 0.952 bits per heavy atom. The lowest BCUT2D eigenvalue weighted by molar-refractivity contribution is -0.112. The van der Waals surface area contributed by atoms with Gasteiger partial charge in [-0.05, 0) is 86.6 Å². The summed E-state index contributed by atoms with van der Waals surface area (Å²) in [5.74, 6) is 0.550. The number of piperazine rings is 1. The lowest BCUT2D eigenvalue weighted by atomic mass is 9.60. The monoisotopic (exact) mass is 836 g/mol. The van der Waals surface area contributed by atoms with Gasteiger partial charge in [-0.2, -0.15) is 4.98 Å². The number of pyridine rings is 1. The third kappa shape index (κ3) is 7.69. The van der Waals surface area contributed by atoms with Gasteiger partial charge in [0.15, 0.2) is 0 Å². The van der Waals surface area contributed by atoms with Crippen molar-refractivity contribution < 1.29 is 24.0 Å². The van der Waals surface area contributed by atoms with Gasteiger partial charge in [0.2, 0.25) is 5.95 Å². The first-order valence-electron chi connectivity index (χ1n) is 21.7. The SMILES string of the molecule is C=CCNC(=O)c1cnc(Nc2ccc(N3CC4(CC(N5CCN(c6cccc7c6C(=O)N(C(C=O)CCC=O)C7=O)CC5)C4)C3)cc2)nc1Nc1ccc2c(n1)C(CC)CC2. The zero-order valence-electron chi connectivity index (χ0n) is 35.0. The lowest BCUT2D eigenvalue weighted by Crippen LogP contribution is -2.68. The van der Waals surface area contributed by atoms with Crippen LogP contribution in [0.4, 0.5) is 34.6 Å². The first-order chi connectivity index (χ1) is 30.2. The van der Waals surface area contributed by atoms with Crippen molar-refractivity contribution in [3.05, 3.63) is 101 Å². The molecule has 5 aliphatic rings. The Kier molecular flexibility index (Phi) is 11.3. The molecular weight excluding hydrogens is 785 g/mol. The summed E-state index contributed by atoms with van der Waals surface area (Å²) in [6.45, 7) is 11.4. The predicted molar refractivity (Wildman–Crippen MR) is 237 cm³/mol. The highest BCUT2D eigenvalue weighted by molar-refractivity contribution is 6.24. The van der Waals surface area contributed by atoms with Gasteiger partial charge in [0.05, 0.1) is 22.9 Å². The summed E-state index contributed by atoms with van der Waals surface area (Å²) in [7, 11) is 0. The van der Waals surface area contributed by atoms with Crippen LogP contribution in [0.5, 0.6) is 0 Å².